The summed E-state index contributed by atoms with van der Waals surface area (Å²) in [7, 11) is 0. The maximum atomic E-state index is 12.5. The molecule has 1 fully saturated rings. The third-order valence-electron chi connectivity index (χ3n) is 6.57. The summed E-state index contributed by atoms with van der Waals surface area (Å²) < 4.78 is 5.62. The number of benzene rings is 2. The molecule has 33 heavy (non-hydrogen) atoms. The normalized spacial score (nSPS) is 19.9. The van der Waals surface area contributed by atoms with E-state index in [1.807, 2.05) is 24.3 Å². The molecule has 7 heteroatoms. The van der Waals surface area contributed by atoms with E-state index >= 15 is 0 Å². The van der Waals surface area contributed by atoms with Gasteiger partial charge in [-0.25, -0.2) is 4.79 Å². The number of carbonyl (C=O) groups is 3. The fourth-order valence-corrected chi connectivity index (χ4v) is 5.11. The number of ether oxygens (including phenoxy) is 1. The van der Waals surface area contributed by atoms with E-state index in [1.54, 1.807) is 6.92 Å². The molecule has 0 saturated heterocycles. The van der Waals surface area contributed by atoms with E-state index in [-0.39, 0.29) is 36.8 Å². The predicted molar refractivity (Wildman–Crippen MR) is 124 cm³/mol. The highest BCUT2D eigenvalue weighted by molar-refractivity contribution is 5.79. The minimum Gasteiger partial charge on any atom is -0.481 e. The number of carboxylic acid groups (broad SMARTS) is 1. The number of aliphatic carboxylic acids is 1. The highest BCUT2D eigenvalue weighted by Crippen LogP contribution is 2.44. The zero-order chi connectivity index (χ0) is 23.4. The van der Waals surface area contributed by atoms with Gasteiger partial charge in [-0.3, -0.25) is 9.59 Å². The molecule has 0 heterocycles. The summed E-state index contributed by atoms with van der Waals surface area (Å²) in [5.41, 5.74) is 4.74. The third kappa shape index (κ3) is 5.53. The zero-order valence-electron chi connectivity index (χ0n) is 18.8. The second-order valence-corrected chi connectivity index (χ2v) is 9.12. The first-order valence-corrected chi connectivity index (χ1v) is 11.5. The standard InChI is InChI=1S/C26H30N2O5/c1-16(12-25(30)31)27-24(29)14-17-10-11-18(13-17)28-26(32)33-15-23-21-8-4-2-6-19(21)20-7-3-5-9-22(20)23/h2-9,16-18,23H,10-15H2,1H3,(H,27,29)(H,28,32)(H,30,31)/t16-,17?,18?/m0/s1. The predicted octanol–water partition coefficient (Wildman–Crippen LogP) is 4.06. The van der Waals surface area contributed by atoms with Crippen LogP contribution in [0.15, 0.2) is 48.5 Å². The van der Waals surface area contributed by atoms with E-state index in [0.29, 0.717) is 12.8 Å². The molecular weight excluding hydrogens is 420 g/mol. The summed E-state index contributed by atoms with van der Waals surface area (Å²) in [6.45, 7) is 1.96. The van der Waals surface area contributed by atoms with Gasteiger partial charge in [-0.1, -0.05) is 48.5 Å². The second-order valence-electron chi connectivity index (χ2n) is 9.12. The minimum atomic E-state index is -0.934. The van der Waals surface area contributed by atoms with Crippen LogP contribution in [0.1, 0.15) is 56.1 Å². The van der Waals surface area contributed by atoms with Gasteiger partial charge >= 0.3 is 12.1 Å². The molecule has 0 aromatic heterocycles. The van der Waals surface area contributed by atoms with Crippen LogP contribution >= 0.6 is 0 Å². The summed E-state index contributed by atoms with van der Waals surface area (Å²) in [5.74, 6) is -0.886. The molecule has 0 spiro atoms. The lowest BCUT2D eigenvalue weighted by atomic mass is 9.98. The topological polar surface area (TPSA) is 105 Å². The maximum absolute atomic E-state index is 12.5. The number of carbonyl (C=O) groups excluding carboxylic acids is 2. The van der Waals surface area contributed by atoms with Crippen molar-refractivity contribution >= 4 is 18.0 Å². The molecular formula is C26H30N2O5. The van der Waals surface area contributed by atoms with Crippen LogP contribution in [0.3, 0.4) is 0 Å². The molecule has 2 unspecified atom stereocenters. The van der Waals surface area contributed by atoms with Crippen molar-refractivity contribution in [3.63, 3.8) is 0 Å². The summed E-state index contributed by atoms with van der Waals surface area (Å²) in [6, 6.07) is 16.0. The average Bonchev–Trinajstić information content (AvgIpc) is 3.33. The Morgan fingerprint density at radius 2 is 1.67 bits per heavy atom. The molecule has 7 nitrogen and oxygen atoms in total. The van der Waals surface area contributed by atoms with Crippen LogP contribution < -0.4 is 10.6 Å². The quantitative estimate of drug-likeness (QED) is 0.563. The van der Waals surface area contributed by atoms with Gasteiger partial charge < -0.3 is 20.5 Å². The fourth-order valence-electron chi connectivity index (χ4n) is 5.11. The first-order valence-electron chi connectivity index (χ1n) is 11.5. The number of amides is 2. The van der Waals surface area contributed by atoms with E-state index in [9.17, 15) is 14.4 Å². The van der Waals surface area contributed by atoms with Crippen LogP contribution in [0.2, 0.25) is 0 Å². The Hall–Kier alpha value is -3.35. The first kappa shape index (κ1) is 22.8. The Labute approximate surface area is 193 Å². The summed E-state index contributed by atoms with van der Waals surface area (Å²) in [6.07, 6.45) is 2.17. The van der Waals surface area contributed by atoms with Gasteiger partial charge in [-0.05, 0) is 54.4 Å². The Morgan fingerprint density at radius 3 is 2.30 bits per heavy atom. The molecule has 3 atom stereocenters. The molecule has 2 aliphatic rings. The molecule has 1 saturated carbocycles. The third-order valence-corrected chi connectivity index (χ3v) is 6.57. The van der Waals surface area contributed by atoms with Crippen LogP contribution in [0, 0.1) is 5.92 Å². The van der Waals surface area contributed by atoms with E-state index in [2.05, 4.69) is 34.9 Å². The van der Waals surface area contributed by atoms with Gasteiger partial charge in [-0.2, -0.15) is 0 Å². The summed E-state index contributed by atoms with van der Waals surface area (Å²) >= 11 is 0. The largest absolute Gasteiger partial charge is 0.481 e. The number of nitrogens with one attached hydrogen (secondary N) is 2. The molecule has 0 radical (unpaired) electrons. The SMILES string of the molecule is C[C@@H](CC(=O)O)NC(=O)CC1CCC(NC(=O)OCC2c3ccccc3-c3ccccc32)C1. The second kappa shape index (κ2) is 10.1. The van der Waals surface area contributed by atoms with Gasteiger partial charge in [0.2, 0.25) is 5.91 Å². The summed E-state index contributed by atoms with van der Waals surface area (Å²) in [4.78, 5) is 35.4. The molecule has 2 amide bonds. The van der Waals surface area contributed by atoms with Crippen molar-refractivity contribution < 1.29 is 24.2 Å². The number of alkyl carbamates (subject to hydrolysis) is 1. The van der Waals surface area contributed by atoms with Gasteiger partial charge in [0.05, 0.1) is 6.42 Å². The van der Waals surface area contributed by atoms with Crippen LogP contribution in [0.5, 0.6) is 0 Å². The van der Waals surface area contributed by atoms with Crippen LogP contribution in [-0.4, -0.2) is 41.8 Å². The van der Waals surface area contributed by atoms with Crippen molar-refractivity contribution in [2.45, 2.75) is 57.0 Å². The Bertz CT molecular complexity index is 991. The van der Waals surface area contributed by atoms with Gasteiger partial charge in [-0.15, -0.1) is 0 Å². The molecule has 3 N–H and O–H groups in total. The molecule has 0 aliphatic heterocycles. The summed E-state index contributed by atoms with van der Waals surface area (Å²) in [5, 5.41) is 14.5. The molecule has 4 rings (SSSR count). The molecule has 0 bridgehead atoms. The molecule has 2 aliphatic carbocycles. The van der Waals surface area contributed by atoms with Gasteiger partial charge in [0.1, 0.15) is 6.61 Å². The monoisotopic (exact) mass is 450 g/mol. The van der Waals surface area contributed by atoms with Crippen molar-refractivity contribution in [3.05, 3.63) is 59.7 Å². The molecule has 2 aromatic rings. The minimum absolute atomic E-state index is 0.0186. The highest BCUT2D eigenvalue weighted by atomic mass is 16.5. The van der Waals surface area contributed by atoms with Crippen molar-refractivity contribution in [2.24, 2.45) is 5.92 Å². The highest BCUT2D eigenvalue weighted by Gasteiger charge is 2.31. The van der Waals surface area contributed by atoms with Crippen molar-refractivity contribution in [2.75, 3.05) is 6.61 Å². The Kier molecular flexibility index (Phi) is 6.96. The molecule has 174 valence electrons. The van der Waals surface area contributed by atoms with Crippen LogP contribution in [-0.2, 0) is 14.3 Å². The first-order chi connectivity index (χ1) is 15.9. The Balaban J connectivity index is 1.24. The van der Waals surface area contributed by atoms with Gasteiger partial charge in [0.15, 0.2) is 0 Å². The maximum Gasteiger partial charge on any atom is 0.407 e. The fraction of sp³-hybridized carbons (Fsp3) is 0.423. The van der Waals surface area contributed by atoms with Crippen molar-refractivity contribution in [3.8, 4) is 11.1 Å². The zero-order valence-corrected chi connectivity index (χ0v) is 18.8. The number of carboxylic acids is 1. The van der Waals surface area contributed by atoms with Crippen molar-refractivity contribution in [1.82, 2.24) is 10.6 Å². The lowest BCUT2D eigenvalue weighted by molar-refractivity contribution is -0.137. The lowest BCUT2D eigenvalue weighted by Gasteiger charge is -2.17. The van der Waals surface area contributed by atoms with Gasteiger partial charge in [0.25, 0.3) is 0 Å². The number of fused-ring (bicyclic) bond motifs is 3. The smallest absolute Gasteiger partial charge is 0.407 e. The number of hydrogen-bond donors (Lipinski definition) is 3. The Morgan fingerprint density at radius 1 is 1.03 bits per heavy atom. The van der Waals surface area contributed by atoms with Gasteiger partial charge in [0, 0.05) is 24.4 Å². The van der Waals surface area contributed by atoms with E-state index < -0.39 is 18.1 Å². The van der Waals surface area contributed by atoms with E-state index in [4.69, 9.17) is 9.84 Å². The van der Waals surface area contributed by atoms with E-state index in [0.717, 1.165) is 12.8 Å². The number of hydrogen-bond acceptors (Lipinski definition) is 4. The average molecular weight is 451 g/mol. The molecule has 2 aromatic carbocycles. The number of rotatable bonds is 8. The van der Waals surface area contributed by atoms with Crippen molar-refractivity contribution in [1.29, 1.82) is 0 Å². The van der Waals surface area contributed by atoms with Crippen LogP contribution in [0.25, 0.3) is 11.1 Å². The lowest BCUT2D eigenvalue weighted by Crippen LogP contribution is -2.36. The van der Waals surface area contributed by atoms with Crippen LogP contribution in [0.4, 0.5) is 4.79 Å². The van der Waals surface area contributed by atoms with E-state index in [1.165, 1.54) is 22.3 Å².